The quantitative estimate of drug-likeness (QED) is 0.818. The van der Waals surface area contributed by atoms with E-state index in [0.717, 1.165) is 5.56 Å². The molecule has 102 valence electrons. The third-order valence-corrected chi connectivity index (χ3v) is 3.11. The number of nitrogens with one attached hydrogen (secondary N) is 1. The van der Waals surface area contributed by atoms with Crippen molar-refractivity contribution in [3.63, 3.8) is 0 Å². The van der Waals surface area contributed by atoms with Crippen molar-refractivity contribution in [1.82, 2.24) is 5.32 Å². The first-order chi connectivity index (χ1) is 9.29. The Morgan fingerprint density at radius 3 is 2.95 bits per heavy atom. The zero-order chi connectivity index (χ0) is 13.5. The molecule has 0 aromatic heterocycles. The van der Waals surface area contributed by atoms with Crippen molar-refractivity contribution in [2.24, 2.45) is 0 Å². The Morgan fingerprint density at radius 1 is 1.42 bits per heavy atom. The zero-order valence-corrected chi connectivity index (χ0v) is 11.0. The van der Waals surface area contributed by atoms with Crippen LogP contribution < -0.4 is 5.32 Å². The summed E-state index contributed by atoms with van der Waals surface area (Å²) in [5.74, 6) is -0.217. The highest BCUT2D eigenvalue weighted by atomic mass is 16.5. The minimum absolute atomic E-state index is 0.0736. The molecule has 4 heteroatoms. The van der Waals surface area contributed by atoms with E-state index in [4.69, 9.17) is 9.47 Å². The smallest absolute Gasteiger partial charge is 0.322 e. The molecule has 1 saturated heterocycles. The molecule has 1 fully saturated rings. The molecule has 1 N–H and O–H groups in total. The number of carbonyl (C=O) groups is 1. The Bertz CT molecular complexity index is 430. The van der Waals surface area contributed by atoms with Crippen LogP contribution in [0.5, 0.6) is 0 Å². The molecule has 1 aromatic carbocycles. The Morgan fingerprint density at radius 2 is 2.21 bits per heavy atom. The van der Waals surface area contributed by atoms with Crippen LogP contribution in [-0.2, 0) is 14.3 Å². The van der Waals surface area contributed by atoms with Crippen LogP contribution in [0.4, 0.5) is 0 Å². The predicted octanol–water partition coefficient (Wildman–Crippen LogP) is 1.62. The molecule has 19 heavy (non-hydrogen) atoms. The highest BCUT2D eigenvalue weighted by Gasteiger charge is 2.30. The van der Waals surface area contributed by atoms with E-state index in [9.17, 15) is 4.79 Å². The number of esters is 1. The maximum Gasteiger partial charge on any atom is 0.322 e. The minimum Gasteiger partial charge on any atom is -0.468 e. The third-order valence-electron chi connectivity index (χ3n) is 3.11. The molecule has 1 aliphatic rings. The van der Waals surface area contributed by atoms with Gasteiger partial charge in [-0.2, -0.15) is 0 Å². The summed E-state index contributed by atoms with van der Waals surface area (Å²) in [6, 6.07) is 9.85. The molecule has 0 spiro atoms. The first-order valence-corrected chi connectivity index (χ1v) is 6.44. The molecule has 1 heterocycles. The van der Waals surface area contributed by atoms with Crippen molar-refractivity contribution < 1.29 is 14.3 Å². The SMILES string of the molecule is COC(=O)[C@@H]1C[C@H](OC/C=C/c2ccccc2)CN1. The summed E-state index contributed by atoms with van der Waals surface area (Å²) in [5.41, 5.74) is 1.16. The van der Waals surface area contributed by atoms with Crippen LogP contribution in [0.1, 0.15) is 12.0 Å². The fraction of sp³-hybridized carbons (Fsp3) is 0.400. The largest absolute Gasteiger partial charge is 0.468 e. The van der Waals surface area contributed by atoms with Gasteiger partial charge in [0.25, 0.3) is 0 Å². The number of methoxy groups -OCH3 is 1. The van der Waals surface area contributed by atoms with Crippen molar-refractivity contribution in [3.05, 3.63) is 42.0 Å². The molecule has 0 bridgehead atoms. The average Bonchev–Trinajstić information content (AvgIpc) is 2.93. The van der Waals surface area contributed by atoms with Crippen molar-refractivity contribution in [2.75, 3.05) is 20.3 Å². The van der Waals surface area contributed by atoms with Crippen molar-refractivity contribution in [3.8, 4) is 0 Å². The Labute approximate surface area is 113 Å². The van der Waals surface area contributed by atoms with Crippen LogP contribution in [0, 0.1) is 0 Å². The second kappa shape index (κ2) is 7.07. The number of benzene rings is 1. The molecule has 2 atom stereocenters. The van der Waals surface area contributed by atoms with Crippen molar-refractivity contribution in [1.29, 1.82) is 0 Å². The number of hydrogen-bond donors (Lipinski definition) is 1. The molecule has 0 amide bonds. The molecule has 0 radical (unpaired) electrons. The lowest BCUT2D eigenvalue weighted by Gasteiger charge is -2.08. The summed E-state index contributed by atoms with van der Waals surface area (Å²) >= 11 is 0. The van der Waals surface area contributed by atoms with Gasteiger partial charge in [-0.05, 0) is 5.56 Å². The van der Waals surface area contributed by atoms with Gasteiger partial charge >= 0.3 is 5.97 Å². The molecule has 0 unspecified atom stereocenters. The maximum absolute atomic E-state index is 11.3. The number of ether oxygens (including phenoxy) is 2. The van der Waals surface area contributed by atoms with E-state index in [1.54, 1.807) is 0 Å². The van der Waals surface area contributed by atoms with E-state index < -0.39 is 0 Å². The van der Waals surface area contributed by atoms with Gasteiger partial charge in [0.1, 0.15) is 6.04 Å². The van der Waals surface area contributed by atoms with E-state index >= 15 is 0 Å². The predicted molar refractivity (Wildman–Crippen MR) is 73.6 cm³/mol. The van der Waals surface area contributed by atoms with Crippen LogP contribution >= 0.6 is 0 Å². The van der Waals surface area contributed by atoms with Gasteiger partial charge in [0, 0.05) is 13.0 Å². The first-order valence-electron chi connectivity index (χ1n) is 6.44. The summed E-state index contributed by atoms with van der Waals surface area (Å²) in [6.45, 7) is 1.24. The summed E-state index contributed by atoms with van der Waals surface area (Å²) in [6.07, 6.45) is 4.76. The molecule has 1 aromatic rings. The lowest BCUT2D eigenvalue weighted by molar-refractivity contribution is -0.142. The molecular weight excluding hydrogens is 242 g/mol. The highest BCUT2D eigenvalue weighted by molar-refractivity contribution is 5.76. The first kappa shape index (κ1) is 13.8. The van der Waals surface area contributed by atoms with Gasteiger partial charge in [0.2, 0.25) is 0 Å². The number of rotatable bonds is 5. The summed E-state index contributed by atoms with van der Waals surface area (Å²) in [4.78, 5) is 11.3. The highest BCUT2D eigenvalue weighted by Crippen LogP contribution is 2.11. The van der Waals surface area contributed by atoms with Crippen LogP contribution in [-0.4, -0.2) is 38.4 Å². The Kier molecular flexibility index (Phi) is 5.12. The molecule has 4 nitrogen and oxygen atoms in total. The van der Waals surface area contributed by atoms with Crippen LogP contribution in [0.2, 0.25) is 0 Å². The summed E-state index contributed by atoms with van der Waals surface area (Å²) in [5, 5.41) is 3.09. The van der Waals surface area contributed by atoms with Crippen LogP contribution in [0.15, 0.2) is 36.4 Å². The average molecular weight is 261 g/mol. The zero-order valence-electron chi connectivity index (χ0n) is 11.0. The fourth-order valence-electron chi connectivity index (χ4n) is 2.09. The topological polar surface area (TPSA) is 47.6 Å². The molecular formula is C15H19NO3. The maximum atomic E-state index is 11.3. The number of carbonyl (C=O) groups excluding carboxylic acids is 1. The molecule has 2 rings (SSSR count). The van der Waals surface area contributed by atoms with E-state index in [2.05, 4.69) is 5.32 Å². The second-order valence-corrected chi connectivity index (χ2v) is 4.49. The second-order valence-electron chi connectivity index (χ2n) is 4.49. The van der Waals surface area contributed by atoms with Gasteiger partial charge in [0.05, 0.1) is 19.8 Å². The Balaban J connectivity index is 1.70. The van der Waals surface area contributed by atoms with E-state index in [1.165, 1.54) is 7.11 Å². The van der Waals surface area contributed by atoms with Gasteiger partial charge in [-0.15, -0.1) is 0 Å². The van der Waals surface area contributed by atoms with Crippen LogP contribution in [0.3, 0.4) is 0 Å². The van der Waals surface area contributed by atoms with E-state index in [1.807, 2.05) is 42.5 Å². The van der Waals surface area contributed by atoms with Gasteiger partial charge in [-0.1, -0.05) is 42.5 Å². The minimum atomic E-state index is -0.229. The lowest BCUT2D eigenvalue weighted by atomic mass is 10.2. The standard InChI is InChI=1S/C15H19NO3/c1-18-15(17)14-10-13(11-16-14)19-9-5-8-12-6-3-2-4-7-12/h2-8,13-14,16H,9-11H2,1H3/b8-5+/t13-,14-/m0/s1. The molecule has 1 aliphatic heterocycles. The van der Waals surface area contributed by atoms with E-state index in [0.29, 0.717) is 19.6 Å². The summed E-state index contributed by atoms with van der Waals surface area (Å²) < 4.78 is 10.4. The van der Waals surface area contributed by atoms with Crippen molar-refractivity contribution >= 4 is 12.0 Å². The van der Waals surface area contributed by atoms with Crippen LogP contribution in [0.25, 0.3) is 6.08 Å². The normalized spacial score (nSPS) is 22.8. The van der Waals surface area contributed by atoms with Crippen molar-refractivity contribution in [2.45, 2.75) is 18.6 Å². The molecule has 0 aliphatic carbocycles. The van der Waals surface area contributed by atoms with Gasteiger partial charge in [-0.3, -0.25) is 4.79 Å². The monoisotopic (exact) mass is 261 g/mol. The fourth-order valence-corrected chi connectivity index (χ4v) is 2.09. The molecule has 0 saturated carbocycles. The van der Waals surface area contributed by atoms with Gasteiger partial charge < -0.3 is 14.8 Å². The Hall–Kier alpha value is -1.65. The van der Waals surface area contributed by atoms with Gasteiger partial charge in [-0.25, -0.2) is 0 Å². The van der Waals surface area contributed by atoms with Gasteiger partial charge in [0.15, 0.2) is 0 Å². The third kappa shape index (κ3) is 4.19. The lowest BCUT2D eigenvalue weighted by Crippen LogP contribution is -2.31. The summed E-state index contributed by atoms with van der Waals surface area (Å²) in [7, 11) is 1.40. The number of hydrogen-bond acceptors (Lipinski definition) is 4. The van der Waals surface area contributed by atoms with E-state index in [-0.39, 0.29) is 18.1 Å².